The van der Waals surface area contributed by atoms with Crippen molar-refractivity contribution in [1.29, 1.82) is 0 Å². The van der Waals surface area contributed by atoms with Crippen LogP contribution >= 0.6 is 0 Å². The molecule has 0 fully saturated rings. The number of para-hydroxylation sites is 1. The van der Waals surface area contributed by atoms with Crippen molar-refractivity contribution in [2.75, 3.05) is 5.73 Å². The summed E-state index contributed by atoms with van der Waals surface area (Å²) in [4.78, 5) is 36.8. The van der Waals surface area contributed by atoms with E-state index in [0.717, 1.165) is 12.3 Å². The number of hydrogen-bond acceptors (Lipinski definition) is 5. The number of carbonyl (C=O) groups excluding carboxylic acids is 2. The maximum atomic E-state index is 11.9. The minimum absolute atomic E-state index is 0.143. The SMILES string of the molecule is Nc1ccccc1C(=O)NC(=O)c1c[nH]c(=O)cc1O. The highest BCUT2D eigenvalue weighted by Gasteiger charge is 2.17. The molecular formula is C13H11N3O4. The third-order valence-corrected chi connectivity index (χ3v) is 2.58. The van der Waals surface area contributed by atoms with Crippen molar-refractivity contribution in [3.05, 3.63) is 58.0 Å². The Kier molecular flexibility index (Phi) is 3.52. The monoisotopic (exact) mass is 273 g/mol. The van der Waals surface area contributed by atoms with Gasteiger partial charge in [-0.05, 0) is 12.1 Å². The molecule has 2 aromatic rings. The smallest absolute Gasteiger partial charge is 0.263 e. The molecule has 0 unspecified atom stereocenters. The zero-order valence-corrected chi connectivity index (χ0v) is 10.2. The van der Waals surface area contributed by atoms with Gasteiger partial charge in [0.05, 0.1) is 11.1 Å². The Bertz CT molecular complexity index is 736. The topological polar surface area (TPSA) is 125 Å². The van der Waals surface area contributed by atoms with Crippen LogP contribution in [0.2, 0.25) is 0 Å². The molecule has 2 rings (SSSR count). The molecule has 0 aliphatic rings. The van der Waals surface area contributed by atoms with Crippen LogP contribution in [0.5, 0.6) is 5.75 Å². The van der Waals surface area contributed by atoms with Gasteiger partial charge in [-0.25, -0.2) is 0 Å². The number of nitrogens with two attached hydrogens (primary N) is 1. The molecule has 1 heterocycles. The van der Waals surface area contributed by atoms with E-state index < -0.39 is 23.1 Å². The van der Waals surface area contributed by atoms with E-state index in [1.54, 1.807) is 12.1 Å². The van der Waals surface area contributed by atoms with Crippen LogP contribution in [0.4, 0.5) is 5.69 Å². The largest absolute Gasteiger partial charge is 0.507 e. The molecule has 5 N–H and O–H groups in total. The van der Waals surface area contributed by atoms with Gasteiger partial charge in [0.25, 0.3) is 17.4 Å². The molecule has 0 bridgehead atoms. The van der Waals surface area contributed by atoms with E-state index in [1.807, 2.05) is 0 Å². The fraction of sp³-hybridized carbons (Fsp3) is 0. The molecule has 20 heavy (non-hydrogen) atoms. The van der Waals surface area contributed by atoms with E-state index in [1.165, 1.54) is 12.1 Å². The van der Waals surface area contributed by atoms with Crippen molar-refractivity contribution in [3.63, 3.8) is 0 Å². The molecule has 0 aliphatic heterocycles. The summed E-state index contributed by atoms with van der Waals surface area (Å²) in [5.41, 5.74) is 5.21. The first-order valence-corrected chi connectivity index (χ1v) is 5.61. The van der Waals surface area contributed by atoms with Crippen LogP contribution in [-0.2, 0) is 0 Å². The maximum absolute atomic E-state index is 11.9. The van der Waals surface area contributed by atoms with Crippen molar-refractivity contribution in [2.24, 2.45) is 0 Å². The summed E-state index contributed by atoms with van der Waals surface area (Å²) in [6.45, 7) is 0. The van der Waals surface area contributed by atoms with Gasteiger partial charge in [0.1, 0.15) is 5.75 Å². The maximum Gasteiger partial charge on any atom is 0.263 e. The minimum Gasteiger partial charge on any atom is -0.507 e. The zero-order chi connectivity index (χ0) is 14.7. The zero-order valence-electron chi connectivity index (χ0n) is 10.2. The Balaban J connectivity index is 2.22. The van der Waals surface area contributed by atoms with Crippen molar-refractivity contribution in [2.45, 2.75) is 0 Å². The van der Waals surface area contributed by atoms with Gasteiger partial charge in [-0.3, -0.25) is 19.7 Å². The molecule has 1 aromatic heterocycles. The number of anilines is 1. The molecule has 1 aromatic carbocycles. The van der Waals surface area contributed by atoms with Crippen LogP contribution in [0.25, 0.3) is 0 Å². The summed E-state index contributed by atoms with van der Waals surface area (Å²) in [6.07, 6.45) is 1.02. The molecule has 2 amide bonds. The van der Waals surface area contributed by atoms with Crippen LogP contribution in [0, 0.1) is 0 Å². The summed E-state index contributed by atoms with van der Waals surface area (Å²) in [5, 5.41) is 11.6. The van der Waals surface area contributed by atoms with Crippen LogP contribution in [-0.4, -0.2) is 21.9 Å². The Labute approximate surface area is 113 Å². The standard InChI is InChI=1S/C13H11N3O4/c14-9-4-2-1-3-7(9)12(19)16-13(20)8-6-15-11(18)5-10(8)17/h1-6H,14H2,(H2,15,17,18)(H,16,19,20). The van der Waals surface area contributed by atoms with Gasteiger partial charge < -0.3 is 15.8 Å². The number of H-pyrrole nitrogens is 1. The second kappa shape index (κ2) is 5.27. The van der Waals surface area contributed by atoms with E-state index >= 15 is 0 Å². The summed E-state index contributed by atoms with van der Waals surface area (Å²) >= 11 is 0. The number of aromatic hydroxyl groups is 1. The van der Waals surface area contributed by atoms with Gasteiger partial charge in [0, 0.05) is 18.0 Å². The number of amides is 2. The van der Waals surface area contributed by atoms with Crippen LogP contribution in [0.3, 0.4) is 0 Å². The number of pyridine rings is 1. The molecule has 0 radical (unpaired) electrons. The molecule has 102 valence electrons. The van der Waals surface area contributed by atoms with Crippen LogP contribution < -0.4 is 16.6 Å². The predicted molar refractivity (Wildman–Crippen MR) is 71.4 cm³/mol. The molecule has 0 spiro atoms. The number of hydrogen-bond donors (Lipinski definition) is 4. The first-order valence-electron chi connectivity index (χ1n) is 5.61. The molecular weight excluding hydrogens is 262 g/mol. The number of imide groups is 1. The van der Waals surface area contributed by atoms with E-state index in [4.69, 9.17) is 5.73 Å². The highest BCUT2D eigenvalue weighted by atomic mass is 16.3. The number of benzene rings is 1. The Morgan fingerprint density at radius 2 is 1.80 bits per heavy atom. The van der Waals surface area contributed by atoms with Gasteiger partial charge in [-0.15, -0.1) is 0 Å². The average molecular weight is 273 g/mol. The summed E-state index contributed by atoms with van der Waals surface area (Å²) in [7, 11) is 0. The highest BCUT2D eigenvalue weighted by Crippen LogP contribution is 2.13. The fourth-order valence-electron chi connectivity index (χ4n) is 1.58. The molecule has 7 nitrogen and oxygen atoms in total. The molecule has 0 atom stereocenters. The van der Waals surface area contributed by atoms with Gasteiger partial charge >= 0.3 is 0 Å². The predicted octanol–water partition coefficient (Wildman–Crippen LogP) is 0.233. The number of aromatic nitrogens is 1. The molecule has 0 aliphatic carbocycles. The normalized spacial score (nSPS) is 10.0. The highest BCUT2D eigenvalue weighted by molar-refractivity contribution is 6.12. The first-order chi connectivity index (χ1) is 9.49. The van der Waals surface area contributed by atoms with Crippen molar-refractivity contribution in [3.8, 4) is 5.75 Å². The second-order valence-corrected chi connectivity index (χ2v) is 3.97. The number of aromatic amines is 1. The van der Waals surface area contributed by atoms with Gasteiger partial charge in [0.2, 0.25) is 0 Å². The average Bonchev–Trinajstić information content (AvgIpc) is 2.38. The molecule has 7 heteroatoms. The van der Waals surface area contributed by atoms with Crippen LogP contribution in [0.15, 0.2) is 41.3 Å². The van der Waals surface area contributed by atoms with E-state index in [9.17, 15) is 19.5 Å². The summed E-state index contributed by atoms with van der Waals surface area (Å²) in [6, 6.07) is 7.09. The first kappa shape index (κ1) is 13.3. The second-order valence-electron chi connectivity index (χ2n) is 3.97. The molecule has 0 saturated heterocycles. The number of carbonyl (C=O) groups is 2. The quantitative estimate of drug-likeness (QED) is 0.460. The van der Waals surface area contributed by atoms with Gasteiger partial charge in [-0.2, -0.15) is 0 Å². The van der Waals surface area contributed by atoms with Gasteiger partial charge in [-0.1, -0.05) is 12.1 Å². The van der Waals surface area contributed by atoms with Crippen molar-refractivity contribution in [1.82, 2.24) is 10.3 Å². The lowest BCUT2D eigenvalue weighted by atomic mass is 10.1. The van der Waals surface area contributed by atoms with Crippen LogP contribution in [0.1, 0.15) is 20.7 Å². The lowest BCUT2D eigenvalue weighted by Gasteiger charge is -2.07. The minimum atomic E-state index is -0.841. The Morgan fingerprint density at radius 3 is 2.45 bits per heavy atom. The van der Waals surface area contributed by atoms with E-state index in [0.29, 0.717) is 0 Å². The number of nitrogen functional groups attached to an aromatic ring is 1. The van der Waals surface area contributed by atoms with E-state index in [2.05, 4.69) is 10.3 Å². The number of nitrogens with one attached hydrogen (secondary N) is 2. The van der Waals surface area contributed by atoms with E-state index in [-0.39, 0.29) is 16.8 Å². The summed E-state index contributed by atoms with van der Waals surface area (Å²) in [5.74, 6) is -2.05. The third-order valence-electron chi connectivity index (χ3n) is 2.58. The lowest BCUT2D eigenvalue weighted by Crippen LogP contribution is -2.31. The van der Waals surface area contributed by atoms with Crippen molar-refractivity contribution < 1.29 is 14.7 Å². The third kappa shape index (κ3) is 2.66. The lowest BCUT2D eigenvalue weighted by molar-refractivity contribution is 0.0848. The molecule has 0 saturated carbocycles. The Morgan fingerprint density at radius 1 is 1.15 bits per heavy atom. The summed E-state index contributed by atoms with van der Waals surface area (Å²) < 4.78 is 0. The Hall–Kier alpha value is -3.09. The number of rotatable bonds is 2. The fourth-order valence-corrected chi connectivity index (χ4v) is 1.58. The van der Waals surface area contributed by atoms with Gasteiger partial charge in [0.15, 0.2) is 0 Å². The van der Waals surface area contributed by atoms with Crippen molar-refractivity contribution >= 4 is 17.5 Å².